The van der Waals surface area contributed by atoms with Gasteiger partial charge in [0.2, 0.25) is 0 Å². The van der Waals surface area contributed by atoms with Gasteiger partial charge in [-0.2, -0.15) is 0 Å². The van der Waals surface area contributed by atoms with Crippen LogP contribution in [0.4, 0.5) is 0 Å². The molecule has 0 aliphatic carbocycles. The van der Waals surface area contributed by atoms with Gasteiger partial charge < -0.3 is 4.55 Å². The minimum Gasteiger partial charge on any atom is -0.302 e. The molecule has 2 nitrogen and oxygen atoms in total. The van der Waals surface area contributed by atoms with Gasteiger partial charge in [0.25, 0.3) is 0 Å². The number of rotatable bonds is 1. The van der Waals surface area contributed by atoms with E-state index in [-0.39, 0.29) is 23.1 Å². The van der Waals surface area contributed by atoms with Crippen LogP contribution in [0.1, 0.15) is 0 Å². The average Bonchev–Trinajstić information content (AvgIpc) is 1.88. The number of hydrogen-bond acceptors (Lipinski definition) is 1. The lowest BCUT2D eigenvalue weighted by atomic mass is 10.4. The lowest BCUT2D eigenvalue weighted by molar-refractivity contribution is 0.564. The summed E-state index contributed by atoms with van der Waals surface area (Å²) in [6.45, 7) is 0. The molecule has 0 spiro atoms. The zero-order valence-corrected chi connectivity index (χ0v) is 6.52. The van der Waals surface area contributed by atoms with Gasteiger partial charge in [0.15, 0.2) is 11.1 Å². The zero-order valence-electron chi connectivity index (χ0n) is 4.95. The Hall–Kier alpha value is 0.386. The molecule has 0 aliphatic rings. The van der Waals surface area contributed by atoms with Crippen molar-refractivity contribution in [1.82, 2.24) is 0 Å². The van der Waals surface area contributed by atoms with Crippen molar-refractivity contribution < 1.29 is 8.76 Å². The summed E-state index contributed by atoms with van der Waals surface area (Å²) in [5, 5.41) is 0.564. The van der Waals surface area contributed by atoms with Crippen molar-refractivity contribution in [2.75, 3.05) is 0 Å². The van der Waals surface area contributed by atoms with Crippen LogP contribution >= 0.6 is 11.6 Å². The predicted octanol–water partition coefficient (Wildman–Crippen LogP) is 1.00. The fraction of sp³-hybridized carbons (Fsp3) is 0. The van der Waals surface area contributed by atoms with Crippen LogP contribution in [0, 0.1) is 0 Å². The van der Waals surface area contributed by atoms with Crippen molar-refractivity contribution in [3.8, 4) is 0 Å². The van der Waals surface area contributed by atoms with Gasteiger partial charge in [-0.05, 0) is 24.3 Å². The summed E-state index contributed by atoms with van der Waals surface area (Å²) in [5.41, 5.74) is 0. The SMILES string of the molecule is O=S(O)c1ccc(Cl)cc1.[MgH2]. The van der Waals surface area contributed by atoms with E-state index < -0.39 is 11.1 Å². The van der Waals surface area contributed by atoms with Gasteiger partial charge >= 0.3 is 23.1 Å². The van der Waals surface area contributed by atoms with E-state index in [1.165, 1.54) is 12.1 Å². The molecule has 0 amide bonds. The third-order valence-electron chi connectivity index (χ3n) is 1.02. The Morgan fingerprint density at radius 3 is 2.09 bits per heavy atom. The minimum atomic E-state index is -1.90. The second kappa shape index (κ2) is 5.11. The molecule has 58 valence electrons. The molecule has 1 aromatic rings. The van der Waals surface area contributed by atoms with Gasteiger partial charge in [0.05, 0.1) is 4.90 Å². The molecule has 0 aromatic heterocycles. The maximum atomic E-state index is 10.4. The van der Waals surface area contributed by atoms with Crippen LogP contribution in [-0.4, -0.2) is 31.8 Å². The summed E-state index contributed by atoms with van der Waals surface area (Å²) in [6.07, 6.45) is 0. The molecule has 0 heterocycles. The second-order valence-corrected chi connectivity index (χ2v) is 3.11. The van der Waals surface area contributed by atoms with Crippen LogP contribution in [0.15, 0.2) is 29.2 Å². The molecule has 0 saturated carbocycles. The maximum Gasteiger partial charge on any atom is 0.316 e. The molecule has 0 radical (unpaired) electrons. The van der Waals surface area contributed by atoms with Crippen molar-refractivity contribution in [2.45, 2.75) is 4.90 Å². The topological polar surface area (TPSA) is 37.3 Å². The lowest BCUT2D eigenvalue weighted by Gasteiger charge is -1.92. The average molecular weight is 203 g/mol. The van der Waals surface area contributed by atoms with Crippen LogP contribution in [0.25, 0.3) is 0 Å². The van der Waals surface area contributed by atoms with Crippen molar-refractivity contribution in [3.63, 3.8) is 0 Å². The van der Waals surface area contributed by atoms with Gasteiger partial charge in [0, 0.05) is 5.02 Å². The van der Waals surface area contributed by atoms with Crippen molar-refractivity contribution >= 4 is 45.7 Å². The van der Waals surface area contributed by atoms with Gasteiger partial charge in [-0.25, -0.2) is 4.21 Å². The van der Waals surface area contributed by atoms with Gasteiger partial charge in [-0.3, -0.25) is 0 Å². The first-order valence-electron chi connectivity index (χ1n) is 2.56. The fourth-order valence-electron chi connectivity index (χ4n) is 0.551. The van der Waals surface area contributed by atoms with Crippen molar-refractivity contribution in [1.29, 1.82) is 0 Å². The van der Waals surface area contributed by atoms with E-state index in [1.54, 1.807) is 12.1 Å². The highest BCUT2D eigenvalue weighted by Crippen LogP contribution is 2.10. The quantitative estimate of drug-likeness (QED) is 0.546. The van der Waals surface area contributed by atoms with E-state index in [9.17, 15) is 4.21 Å². The Morgan fingerprint density at radius 1 is 1.27 bits per heavy atom. The maximum absolute atomic E-state index is 10.4. The number of benzene rings is 1. The highest BCUT2D eigenvalue weighted by Gasteiger charge is 1.96. The molecule has 0 bridgehead atoms. The molecule has 0 fully saturated rings. The summed E-state index contributed by atoms with van der Waals surface area (Å²) in [4.78, 5) is 0.365. The summed E-state index contributed by atoms with van der Waals surface area (Å²) < 4.78 is 18.9. The highest BCUT2D eigenvalue weighted by molar-refractivity contribution is 7.79. The summed E-state index contributed by atoms with van der Waals surface area (Å²) in [7, 11) is 0. The fourth-order valence-corrected chi connectivity index (χ4v) is 1.05. The molecular weight excluding hydrogens is 196 g/mol. The predicted molar refractivity (Wildman–Crippen MR) is 49.0 cm³/mol. The summed E-state index contributed by atoms with van der Waals surface area (Å²) in [5.74, 6) is 0. The van der Waals surface area contributed by atoms with Gasteiger partial charge in [0.1, 0.15) is 0 Å². The Labute approximate surface area is 88.4 Å². The van der Waals surface area contributed by atoms with E-state index >= 15 is 0 Å². The zero-order chi connectivity index (χ0) is 7.56. The van der Waals surface area contributed by atoms with Crippen molar-refractivity contribution in [2.24, 2.45) is 0 Å². The molecule has 1 unspecified atom stereocenters. The third-order valence-corrected chi connectivity index (χ3v) is 1.94. The van der Waals surface area contributed by atoms with Crippen LogP contribution < -0.4 is 0 Å². The number of hydrogen-bond donors (Lipinski definition) is 1. The Bertz CT molecular complexity index is 249. The minimum absolute atomic E-state index is 0. The second-order valence-electron chi connectivity index (χ2n) is 1.70. The van der Waals surface area contributed by atoms with Crippen LogP contribution in [0.5, 0.6) is 0 Å². The first kappa shape index (κ1) is 11.4. The molecule has 0 saturated heterocycles. The molecule has 5 heteroatoms. The Kier molecular flexibility index (Phi) is 5.29. The normalized spacial score (nSPS) is 11.8. The van der Waals surface area contributed by atoms with E-state index in [2.05, 4.69) is 0 Å². The largest absolute Gasteiger partial charge is 0.316 e. The first-order valence-corrected chi connectivity index (χ1v) is 4.05. The van der Waals surface area contributed by atoms with E-state index in [4.69, 9.17) is 16.2 Å². The smallest absolute Gasteiger partial charge is 0.302 e. The summed E-state index contributed by atoms with van der Waals surface area (Å²) >= 11 is 3.64. The molecule has 0 aliphatic heterocycles. The molecule has 1 atom stereocenters. The van der Waals surface area contributed by atoms with Crippen molar-refractivity contribution in [3.05, 3.63) is 29.3 Å². The first-order chi connectivity index (χ1) is 4.70. The molecule has 1 rings (SSSR count). The standard InChI is InChI=1S/C6H5ClO2S.Mg.2H/c7-5-1-3-6(4-2-5)10(8)9;;;/h1-4H,(H,8,9);;;. The van der Waals surface area contributed by atoms with E-state index in [0.717, 1.165) is 0 Å². The molecule has 1 N–H and O–H groups in total. The van der Waals surface area contributed by atoms with Gasteiger partial charge in [-0.15, -0.1) is 0 Å². The summed E-state index contributed by atoms with van der Waals surface area (Å²) in [6, 6.07) is 6.17. The van der Waals surface area contributed by atoms with Crippen LogP contribution in [0.3, 0.4) is 0 Å². The Morgan fingerprint density at radius 2 is 1.73 bits per heavy atom. The van der Waals surface area contributed by atoms with E-state index in [1.807, 2.05) is 0 Å². The van der Waals surface area contributed by atoms with E-state index in [0.29, 0.717) is 9.92 Å². The van der Waals surface area contributed by atoms with Gasteiger partial charge in [-0.1, -0.05) is 11.6 Å². The third kappa shape index (κ3) is 3.53. The molecule has 11 heavy (non-hydrogen) atoms. The number of halogens is 1. The molecule has 1 aromatic carbocycles. The highest BCUT2D eigenvalue weighted by atomic mass is 35.5. The lowest BCUT2D eigenvalue weighted by Crippen LogP contribution is -1.85. The van der Waals surface area contributed by atoms with Crippen LogP contribution in [0.2, 0.25) is 5.02 Å². The molecular formula is C6H7ClMgO2S. The monoisotopic (exact) mass is 202 g/mol. The van der Waals surface area contributed by atoms with Crippen LogP contribution in [-0.2, 0) is 11.1 Å². The Balaban J connectivity index is 0.000001000.